The zero-order chi connectivity index (χ0) is 21.9. The van der Waals surface area contributed by atoms with E-state index in [1.54, 1.807) is 0 Å². The average Bonchev–Trinajstić information content (AvgIpc) is 2.65. The molecule has 0 aromatic rings. The van der Waals surface area contributed by atoms with E-state index < -0.39 is 34.0 Å². The second-order valence-electron chi connectivity index (χ2n) is 8.93. The Morgan fingerprint density at radius 2 is 1.79 bits per heavy atom. The number of hydrogen-bond donors (Lipinski definition) is 4. The van der Waals surface area contributed by atoms with Crippen LogP contribution in [0.25, 0.3) is 0 Å². The van der Waals surface area contributed by atoms with Crippen molar-refractivity contribution in [3.05, 3.63) is 0 Å². The van der Waals surface area contributed by atoms with E-state index in [0.717, 1.165) is 38.5 Å². The fraction of sp³-hybridized carbons (Fsp3) is 0.952. The van der Waals surface area contributed by atoms with E-state index in [9.17, 15) is 23.4 Å². The first kappa shape index (κ1) is 26.3. The van der Waals surface area contributed by atoms with Gasteiger partial charge in [0, 0.05) is 13.0 Å². The lowest BCUT2D eigenvalue weighted by molar-refractivity contribution is -0.123. The van der Waals surface area contributed by atoms with Crippen molar-refractivity contribution in [1.29, 1.82) is 0 Å². The van der Waals surface area contributed by atoms with Crippen LogP contribution in [0.5, 0.6) is 0 Å². The van der Waals surface area contributed by atoms with Gasteiger partial charge in [-0.3, -0.25) is 4.79 Å². The molecule has 0 aromatic heterocycles. The second-order valence-corrected chi connectivity index (χ2v) is 10.8. The first-order valence-electron chi connectivity index (χ1n) is 11.3. The molecule has 7 nitrogen and oxygen atoms in total. The summed E-state index contributed by atoms with van der Waals surface area (Å²) in [5.41, 5.74) is 0. The van der Waals surface area contributed by atoms with Gasteiger partial charge in [-0.25, -0.2) is 13.1 Å². The highest BCUT2D eigenvalue weighted by Gasteiger charge is 2.33. The molecule has 1 amide bonds. The van der Waals surface area contributed by atoms with Crippen LogP contribution in [-0.2, 0) is 14.8 Å². The number of rotatable bonds is 14. The molecule has 0 bridgehead atoms. The maximum absolute atomic E-state index is 12.4. The number of sulfonamides is 1. The Morgan fingerprint density at radius 1 is 1.14 bits per heavy atom. The van der Waals surface area contributed by atoms with E-state index in [1.165, 1.54) is 6.42 Å². The monoisotopic (exact) mass is 434 g/mol. The number of amides is 1. The van der Waals surface area contributed by atoms with Crippen LogP contribution in [0.1, 0.15) is 85.0 Å². The molecule has 0 radical (unpaired) electrons. The molecule has 0 aromatic carbocycles. The van der Waals surface area contributed by atoms with E-state index in [1.807, 2.05) is 20.8 Å². The minimum absolute atomic E-state index is 0.158. The largest absolute Gasteiger partial charge is 0.389 e. The molecule has 1 rings (SSSR count). The Labute approximate surface area is 177 Å². The van der Waals surface area contributed by atoms with Crippen LogP contribution in [0.3, 0.4) is 0 Å². The molecule has 3 atom stereocenters. The summed E-state index contributed by atoms with van der Waals surface area (Å²) in [6.45, 7) is 6.37. The highest BCUT2D eigenvalue weighted by molar-refractivity contribution is 7.89. The van der Waals surface area contributed by atoms with Crippen LogP contribution >= 0.6 is 0 Å². The van der Waals surface area contributed by atoms with E-state index in [4.69, 9.17) is 0 Å². The zero-order valence-electron chi connectivity index (χ0n) is 18.4. The van der Waals surface area contributed by atoms with Crippen molar-refractivity contribution in [2.75, 3.05) is 12.3 Å². The lowest BCUT2D eigenvalue weighted by atomic mass is 9.83. The lowest BCUT2D eigenvalue weighted by Gasteiger charge is -2.32. The van der Waals surface area contributed by atoms with Gasteiger partial charge in [0.2, 0.25) is 15.9 Å². The number of unbranched alkanes of at least 4 members (excludes halogenated alkanes) is 1. The number of carbonyl (C=O) groups is 1. The van der Waals surface area contributed by atoms with Gasteiger partial charge in [-0.05, 0) is 31.1 Å². The molecule has 4 N–H and O–H groups in total. The Hall–Kier alpha value is -0.700. The van der Waals surface area contributed by atoms with E-state index >= 15 is 0 Å². The molecule has 172 valence electrons. The minimum Gasteiger partial charge on any atom is -0.389 e. The predicted molar refractivity (Wildman–Crippen MR) is 116 cm³/mol. The Bertz CT molecular complexity index is 561. The number of aliphatic hydroxyl groups excluding tert-OH is 2. The third kappa shape index (κ3) is 11.3. The standard InChI is InChI=1S/C21H42N2O5S/c1-4-5-13-22-29(27,28)15-19(24)21(26)18(14-17-9-7-6-8-10-17)23-20(25)12-11-16(2)3/h16-19,21-22,24,26H,4-15H2,1-3H3,(H,23,25)/t18-,19+,21-/m0/s1. The average molecular weight is 435 g/mol. The van der Waals surface area contributed by atoms with Gasteiger partial charge in [0.15, 0.2) is 0 Å². The highest BCUT2D eigenvalue weighted by Crippen LogP contribution is 2.28. The van der Waals surface area contributed by atoms with Crippen LogP contribution in [0.4, 0.5) is 0 Å². The fourth-order valence-electron chi connectivity index (χ4n) is 3.82. The van der Waals surface area contributed by atoms with Crippen molar-refractivity contribution in [2.24, 2.45) is 11.8 Å². The third-order valence-electron chi connectivity index (χ3n) is 5.66. The fourth-order valence-corrected chi connectivity index (χ4v) is 5.04. The summed E-state index contributed by atoms with van der Waals surface area (Å²) < 4.78 is 26.8. The molecule has 0 heterocycles. The summed E-state index contributed by atoms with van der Waals surface area (Å²) in [5, 5.41) is 24.0. The molecule has 8 heteroatoms. The summed E-state index contributed by atoms with van der Waals surface area (Å²) in [6.07, 6.45) is 6.03. The summed E-state index contributed by atoms with van der Waals surface area (Å²) in [5.74, 6) is 0.0448. The van der Waals surface area contributed by atoms with Crippen LogP contribution in [0.15, 0.2) is 0 Å². The number of hydrogen-bond acceptors (Lipinski definition) is 5. The molecule has 1 fully saturated rings. The minimum atomic E-state index is -3.69. The van der Waals surface area contributed by atoms with Crippen LogP contribution in [-0.4, -0.2) is 55.1 Å². The van der Waals surface area contributed by atoms with Crippen LogP contribution in [0.2, 0.25) is 0 Å². The normalized spacial score (nSPS) is 19.1. The van der Waals surface area contributed by atoms with Gasteiger partial charge in [0.1, 0.15) is 6.10 Å². The maximum Gasteiger partial charge on any atom is 0.220 e. The van der Waals surface area contributed by atoms with Crippen LogP contribution in [0, 0.1) is 11.8 Å². The van der Waals surface area contributed by atoms with Crippen LogP contribution < -0.4 is 10.0 Å². The molecule has 0 unspecified atom stereocenters. The molecule has 1 aliphatic rings. The Morgan fingerprint density at radius 3 is 2.38 bits per heavy atom. The number of nitrogens with one attached hydrogen (secondary N) is 2. The Balaban J connectivity index is 2.73. The van der Waals surface area contributed by atoms with E-state index in [-0.39, 0.29) is 5.91 Å². The SMILES string of the molecule is CCCCNS(=O)(=O)C[C@@H](O)[C@@H](O)[C@H](CC1CCCCC1)NC(=O)CCC(C)C. The van der Waals surface area contributed by atoms with Crippen molar-refractivity contribution >= 4 is 15.9 Å². The molecule has 0 spiro atoms. The molecule has 1 saturated carbocycles. The van der Waals surface area contributed by atoms with Gasteiger partial charge in [-0.15, -0.1) is 0 Å². The molecule has 0 aliphatic heterocycles. The molecular weight excluding hydrogens is 392 g/mol. The maximum atomic E-state index is 12.4. The first-order chi connectivity index (χ1) is 13.6. The van der Waals surface area contributed by atoms with Gasteiger partial charge in [0.25, 0.3) is 0 Å². The molecule has 29 heavy (non-hydrogen) atoms. The number of aliphatic hydroxyl groups is 2. The summed E-state index contributed by atoms with van der Waals surface area (Å²) >= 11 is 0. The summed E-state index contributed by atoms with van der Waals surface area (Å²) in [4.78, 5) is 12.4. The quantitative estimate of drug-likeness (QED) is 0.313. The molecule has 1 aliphatic carbocycles. The van der Waals surface area contributed by atoms with Gasteiger partial charge in [-0.2, -0.15) is 0 Å². The van der Waals surface area contributed by atoms with E-state index in [0.29, 0.717) is 37.6 Å². The van der Waals surface area contributed by atoms with Gasteiger partial charge in [-0.1, -0.05) is 59.3 Å². The first-order valence-corrected chi connectivity index (χ1v) is 12.9. The van der Waals surface area contributed by atoms with E-state index in [2.05, 4.69) is 10.0 Å². The van der Waals surface area contributed by atoms with Crippen molar-refractivity contribution in [3.8, 4) is 0 Å². The Kier molecular flexibility index (Phi) is 12.3. The third-order valence-corrected chi connectivity index (χ3v) is 7.08. The van der Waals surface area contributed by atoms with Crippen molar-refractivity contribution in [1.82, 2.24) is 10.0 Å². The summed E-state index contributed by atoms with van der Waals surface area (Å²) in [6, 6.07) is -0.640. The van der Waals surface area contributed by atoms with Gasteiger partial charge < -0.3 is 15.5 Å². The second kappa shape index (κ2) is 13.6. The van der Waals surface area contributed by atoms with Gasteiger partial charge >= 0.3 is 0 Å². The highest BCUT2D eigenvalue weighted by atomic mass is 32.2. The predicted octanol–water partition coefficient (Wildman–Crippen LogP) is 2.32. The van der Waals surface area contributed by atoms with Gasteiger partial charge in [0.05, 0.1) is 17.9 Å². The van der Waals surface area contributed by atoms with Crippen molar-refractivity contribution in [2.45, 2.75) is 103 Å². The van der Waals surface area contributed by atoms with Crippen molar-refractivity contribution in [3.63, 3.8) is 0 Å². The summed E-state index contributed by atoms with van der Waals surface area (Å²) in [7, 11) is -3.69. The molecule has 0 saturated heterocycles. The topological polar surface area (TPSA) is 116 Å². The lowest BCUT2D eigenvalue weighted by Crippen LogP contribution is -2.52. The van der Waals surface area contributed by atoms with Crippen molar-refractivity contribution < 1.29 is 23.4 Å². The smallest absolute Gasteiger partial charge is 0.220 e. The molecular formula is C21H42N2O5S. The number of carbonyl (C=O) groups excluding carboxylic acids is 1. The zero-order valence-corrected chi connectivity index (χ0v) is 19.2.